The Morgan fingerprint density at radius 1 is 0.929 bits per heavy atom. The van der Waals surface area contributed by atoms with Gasteiger partial charge in [-0.3, -0.25) is 9.59 Å². The summed E-state index contributed by atoms with van der Waals surface area (Å²) in [6, 6.07) is 20.3. The van der Waals surface area contributed by atoms with E-state index in [1.54, 1.807) is 36.4 Å². The van der Waals surface area contributed by atoms with Gasteiger partial charge in [-0.1, -0.05) is 24.3 Å². The van der Waals surface area contributed by atoms with Gasteiger partial charge >= 0.3 is 0 Å². The molecular weight excluding hydrogens is 375 g/mol. The van der Waals surface area contributed by atoms with Gasteiger partial charge in [-0.2, -0.15) is 0 Å². The van der Waals surface area contributed by atoms with Crippen LogP contribution in [0.1, 0.15) is 15.9 Å². The maximum absolute atomic E-state index is 12.9. The van der Waals surface area contributed by atoms with Crippen molar-refractivity contribution in [3.8, 4) is 0 Å². The summed E-state index contributed by atoms with van der Waals surface area (Å²) in [5.74, 6) is -0.709. The van der Waals surface area contributed by atoms with Crippen molar-refractivity contribution in [2.45, 2.75) is 11.8 Å². The lowest BCUT2D eigenvalue weighted by Crippen LogP contribution is -2.19. The minimum Gasteiger partial charge on any atom is -0.325 e. The fraction of sp³-hybridized carbons (Fsp3) is 0.0909. The van der Waals surface area contributed by atoms with E-state index in [2.05, 4.69) is 10.6 Å². The van der Waals surface area contributed by atoms with Gasteiger partial charge in [0.05, 0.1) is 17.0 Å². The first-order valence-electron chi connectivity index (χ1n) is 8.66. The smallest absolute Gasteiger partial charge is 0.257 e. The molecule has 3 aromatic carbocycles. The standard InChI is InChI=1S/C22H19FN2O2S/c1-15-5-4-6-17(13-15)24-22(27)19-7-2-3-8-20(19)25-21(26)14-28-18-11-9-16(23)10-12-18/h2-13H,14H2,1H3,(H,24,27)(H,25,26). The Morgan fingerprint density at radius 2 is 1.68 bits per heavy atom. The number of amides is 2. The first-order valence-corrected chi connectivity index (χ1v) is 9.65. The van der Waals surface area contributed by atoms with E-state index < -0.39 is 0 Å². The molecule has 0 aliphatic carbocycles. The van der Waals surface area contributed by atoms with Gasteiger partial charge in [0.25, 0.3) is 5.91 Å². The minimum absolute atomic E-state index is 0.152. The van der Waals surface area contributed by atoms with Gasteiger partial charge in [-0.05, 0) is 61.0 Å². The second kappa shape index (κ2) is 9.19. The average molecular weight is 394 g/mol. The van der Waals surface area contributed by atoms with E-state index in [-0.39, 0.29) is 23.4 Å². The Morgan fingerprint density at radius 3 is 2.43 bits per heavy atom. The Labute approximate surface area is 167 Å². The zero-order chi connectivity index (χ0) is 19.9. The van der Waals surface area contributed by atoms with Crippen molar-refractivity contribution in [3.05, 3.63) is 89.7 Å². The van der Waals surface area contributed by atoms with E-state index >= 15 is 0 Å². The molecule has 0 bridgehead atoms. The quantitative estimate of drug-likeness (QED) is 0.571. The van der Waals surface area contributed by atoms with Crippen LogP contribution in [-0.2, 0) is 4.79 Å². The van der Waals surface area contributed by atoms with Gasteiger partial charge in [0.15, 0.2) is 0 Å². The summed E-state index contributed by atoms with van der Waals surface area (Å²) in [6.07, 6.45) is 0. The van der Waals surface area contributed by atoms with Crippen LogP contribution in [0.5, 0.6) is 0 Å². The number of benzene rings is 3. The highest BCUT2D eigenvalue weighted by Crippen LogP contribution is 2.21. The highest BCUT2D eigenvalue weighted by molar-refractivity contribution is 8.00. The van der Waals surface area contributed by atoms with E-state index in [4.69, 9.17) is 0 Å². The molecule has 2 N–H and O–H groups in total. The summed E-state index contributed by atoms with van der Waals surface area (Å²) >= 11 is 1.30. The summed E-state index contributed by atoms with van der Waals surface area (Å²) in [6.45, 7) is 1.95. The number of aryl methyl sites for hydroxylation is 1. The Balaban J connectivity index is 1.65. The lowest BCUT2D eigenvalue weighted by atomic mass is 10.1. The van der Waals surface area contributed by atoms with Crippen molar-refractivity contribution < 1.29 is 14.0 Å². The normalized spacial score (nSPS) is 10.4. The number of carbonyl (C=O) groups excluding carboxylic acids is 2. The molecule has 3 rings (SSSR count). The first kappa shape index (κ1) is 19.6. The maximum atomic E-state index is 12.9. The second-order valence-electron chi connectivity index (χ2n) is 6.16. The molecule has 0 unspecified atom stereocenters. The summed E-state index contributed by atoms with van der Waals surface area (Å²) in [4.78, 5) is 25.7. The molecule has 0 atom stereocenters. The molecule has 0 heterocycles. The fourth-order valence-electron chi connectivity index (χ4n) is 2.58. The van der Waals surface area contributed by atoms with E-state index in [0.29, 0.717) is 16.9 Å². The summed E-state index contributed by atoms with van der Waals surface area (Å²) < 4.78 is 12.9. The minimum atomic E-state index is -0.317. The molecule has 2 amide bonds. The lowest BCUT2D eigenvalue weighted by molar-refractivity contribution is -0.113. The Hall–Kier alpha value is -3.12. The monoisotopic (exact) mass is 394 g/mol. The van der Waals surface area contributed by atoms with Crippen LogP contribution < -0.4 is 10.6 Å². The third-order valence-electron chi connectivity index (χ3n) is 3.91. The van der Waals surface area contributed by atoms with Gasteiger partial charge in [0.2, 0.25) is 5.91 Å². The van der Waals surface area contributed by atoms with Crippen molar-refractivity contribution in [3.63, 3.8) is 0 Å². The van der Waals surface area contributed by atoms with Crippen LogP contribution in [0.15, 0.2) is 77.7 Å². The number of anilines is 2. The van der Waals surface area contributed by atoms with Gasteiger partial charge in [-0.25, -0.2) is 4.39 Å². The maximum Gasteiger partial charge on any atom is 0.257 e. The summed E-state index contributed by atoms with van der Waals surface area (Å²) in [7, 11) is 0. The third kappa shape index (κ3) is 5.44. The fourth-order valence-corrected chi connectivity index (χ4v) is 3.28. The highest BCUT2D eigenvalue weighted by atomic mass is 32.2. The molecule has 0 fully saturated rings. The Kier molecular flexibility index (Phi) is 6.45. The van der Waals surface area contributed by atoms with Gasteiger partial charge in [-0.15, -0.1) is 11.8 Å². The zero-order valence-electron chi connectivity index (χ0n) is 15.2. The molecule has 3 aromatic rings. The topological polar surface area (TPSA) is 58.2 Å². The second-order valence-corrected chi connectivity index (χ2v) is 7.21. The van der Waals surface area contributed by atoms with Crippen LogP contribution in [0.4, 0.5) is 15.8 Å². The van der Waals surface area contributed by atoms with Crippen molar-refractivity contribution in [2.75, 3.05) is 16.4 Å². The van der Waals surface area contributed by atoms with Crippen molar-refractivity contribution in [1.29, 1.82) is 0 Å². The molecule has 0 aromatic heterocycles. The van der Waals surface area contributed by atoms with Crippen LogP contribution in [0.25, 0.3) is 0 Å². The largest absolute Gasteiger partial charge is 0.325 e. The molecular formula is C22H19FN2O2S. The predicted molar refractivity (Wildman–Crippen MR) is 111 cm³/mol. The molecule has 142 valence electrons. The van der Waals surface area contributed by atoms with Crippen LogP contribution in [0.2, 0.25) is 0 Å². The molecule has 6 heteroatoms. The highest BCUT2D eigenvalue weighted by Gasteiger charge is 2.13. The van der Waals surface area contributed by atoms with Crippen molar-refractivity contribution in [1.82, 2.24) is 0 Å². The molecule has 4 nitrogen and oxygen atoms in total. The van der Waals surface area contributed by atoms with E-state index in [9.17, 15) is 14.0 Å². The number of rotatable bonds is 6. The molecule has 0 saturated heterocycles. The zero-order valence-corrected chi connectivity index (χ0v) is 16.1. The number of carbonyl (C=O) groups is 2. The first-order chi connectivity index (χ1) is 13.5. The number of hydrogen-bond acceptors (Lipinski definition) is 3. The molecule has 0 radical (unpaired) electrons. The average Bonchev–Trinajstić information content (AvgIpc) is 2.68. The van der Waals surface area contributed by atoms with Gasteiger partial charge < -0.3 is 10.6 Å². The molecule has 0 saturated carbocycles. The molecule has 28 heavy (non-hydrogen) atoms. The van der Waals surface area contributed by atoms with Crippen molar-refractivity contribution >= 4 is 35.0 Å². The van der Waals surface area contributed by atoms with Crippen LogP contribution >= 0.6 is 11.8 Å². The van der Waals surface area contributed by atoms with Crippen LogP contribution in [0, 0.1) is 12.7 Å². The number of para-hydroxylation sites is 1. The van der Waals surface area contributed by atoms with E-state index in [0.717, 1.165) is 10.5 Å². The number of nitrogens with one attached hydrogen (secondary N) is 2. The number of halogens is 1. The number of thioether (sulfide) groups is 1. The predicted octanol–water partition coefficient (Wildman–Crippen LogP) is 5.12. The van der Waals surface area contributed by atoms with Gasteiger partial charge in [0, 0.05) is 10.6 Å². The van der Waals surface area contributed by atoms with Crippen molar-refractivity contribution in [2.24, 2.45) is 0 Å². The lowest BCUT2D eigenvalue weighted by Gasteiger charge is -2.12. The molecule has 0 aliphatic rings. The molecule has 0 spiro atoms. The SMILES string of the molecule is Cc1cccc(NC(=O)c2ccccc2NC(=O)CSc2ccc(F)cc2)c1. The molecule has 0 aliphatic heterocycles. The third-order valence-corrected chi connectivity index (χ3v) is 4.92. The van der Waals surface area contributed by atoms with E-state index in [1.807, 2.05) is 31.2 Å². The summed E-state index contributed by atoms with van der Waals surface area (Å²) in [5.41, 5.74) is 2.55. The van der Waals surface area contributed by atoms with E-state index in [1.165, 1.54) is 23.9 Å². The number of hydrogen-bond donors (Lipinski definition) is 2. The summed E-state index contributed by atoms with van der Waals surface area (Å²) in [5, 5.41) is 5.62. The Bertz CT molecular complexity index is 990. The van der Waals surface area contributed by atoms with Crippen LogP contribution in [0.3, 0.4) is 0 Å². The van der Waals surface area contributed by atoms with Gasteiger partial charge in [0.1, 0.15) is 5.82 Å². The van der Waals surface area contributed by atoms with Crippen LogP contribution in [-0.4, -0.2) is 17.6 Å².